The van der Waals surface area contributed by atoms with Crippen LogP contribution >= 0.6 is 0 Å². The lowest BCUT2D eigenvalue weighted by Crippen LogP contribution is -2.14. The van der Waals surface area contributed by atoms with Crippen molar-refractivity contribution in [2.24, 2.45) is 11.8 Å². The van der Waals surface area contributed by atoms with Crippen LogP contribution in [0.3, 0.4) is 0 Å². The van der Waals surface area contributed by atoms with Crippen molar-refractivity contribution in [3.63, 3.8) is 0 Å². The molecule has 0 aromatic carbocycles. The lowest BCUT2D eigenvalue weighted by molar-refractivity contribution is 0.319. The van der Waals surface area contributed by atoms with E-state index in [1.54, 1.807) is 0 Å². The Labute approximate surface area is 106 Å². The topological polar surface area (TPSA) is 0 Å². The molecule has 0 heterocycles. The van der Waals surface area contributed by atoms with E-state index < -0.39 is 6.17 Å². The van der Waals surface area contributed by atoms with Gasteiger partial charge in [-0.25, -0.2) is 4.39 Å². The highest BCUT2D eigenvalue weighted by Gasteiger charge is 2.20. The first-order chi connectivity index (χ1) is 8.17. The maximum atomic E-state index is 13.5. The SMILES string of the molecule is CCC=CC(=CC(F)CC)C1CCC(C)CC1. The molecule has 0 N–H and O–H groups in total. The second-order valence-electron chi connectivity index (χ2n) is 5.36. The van der Waals surface area contributed by atoms with Gasteiger partial charge in [0.2, 0.25) is 0 Å². The van der Waals surface area contributed by atoms with E-state index in [0.29, 0.717) is 12.3 Å². The smallest absolute Gasteiger partial charge is 0.119 e. The fourth-order valence-electron chi connectivity index (χ4n) is 2.50. The Balaban J connectivity index is 2.68. The molecule has 1 heteroatoms. The van der Waals surface area contributed by atoms with E-state index in [2.05, 4.69) is 26.0 Å². The zero-order valence-corrected chi connectivity index (χ0v) is 11.6. The van der Waals surface area contributed by atoms with Crippen molar-refractivity contribution in [2.45, 2.75) is 65.5 Å². The zero-order chi connectivity index (χ0) is 12.7. The summed E-state index contributed by atoms with van der Waals surface area (Å²) >= 11 is 0. The van der Waals surface area contributed by atoms with Gasteiger partial charge in [0, 0.05) is 0 Å². The van der Waals surface area contributed by atoms with E-state index in [9.17, 15) is 4.39 Å². The number of hydrogen-bond donors (Lipinski definition) is 0. The van der Waals surface area contributed by atoms with Gasteiger partial charge in [0.15, 0.2) is 0 Å². The molecule has 1 fully saturated rings. The van der Waals surface area contributed by atoms with Crippen molar-refractivity contribution >= 4 is 0 Å². The Kier molecular flexibility index (Phi) is 6.54. The normalized spacial score (nSPS) is 28.6. The van der Waals surface area contributed by atoms with Crippen LogP contribution in [0.5, 0.6) is 0 Å². The lowest BCUT2D eigenvalue weighted by atomic mass is 9.78. The van der Waals surface area contributed by atoms with E-state index in [4.69, 9.17) is 0 Å². The van der Waals surface area contributed by atoms with Crippen LogP contribution in [0.15, 0.2) is 23.8 Å². The average Bonchev–Trinajstić information content (AvgIpc) is 2.35. The van der Waals surface area contributed by atoms with Gasteiger partial charge in [-0.2, -0.15) is 0 Å². The van der Waals surface area contributed by atoms with Crippen molar-refractivity contribution in [2.75, 3.05) is 0 Å². The van der Waals surface area contributed by atoms with Gasteiger partial charge in [-0.1, -0.05) is 45.8 Å². The monoisotopic (exact) mass is 238 g/mol. The van der Waals surface area contributed by atoms with Gasteiger partial charge in [0.25, 0.3) is 0 Å². The highest BCUT2D eigenvalue weighted by atomic mass is 19.1. The summed E-state index contributed by atoms with van der Waals surface area (Å²) in [6, 6.07) is 0. The molecule has 0 aromatic heterocycles. The molecule has 1 rings (SSSR count). The summed E-state index contributed by atoms with van der Waals surface area (Å²) in [6.07, 6.45) is 12.1. The molecule has 98 valence electrons. The minimum absolute atomic E-state index is 0.590. The zero-order valence-electron chi connectivity index (χ0n) is 11.6. The molecule has 1 saturated carbocycles. The van der Waals surface area contributed by atoms with Crippen LogP contribution in [0.4, 0.5) is 4.39 Å². The predicted molar refractivity (Wildman–Crippen MR) is 73.8 cm³/mol. The summed E-state index contributed by atoms with van der Waals surface area (Å²) in [5, 5.41) is 0. The van der Waals surface area contributed by atoms with E-state index in [-0.39, 0.29) is 0 Å². The summed E-state index contributed by atoms with van der Waals surface area (Å²) in [5.74, 6) is 1.45. The first-order valence-corrected chi connectivity index (χ1v) is 7.19. The number of alkyl halides is 1. The van der Waals surface area contributed by atoms with Gasteiger partial charge in [0.05, 0.1) is 0 Å². The Bertz CT molecular complexity index is 257. The summed E-state index contributed by atoms with van der Waals surface area (Å²) in [7, 11) is 0. The lowest BCUT2D eigenvalue weighted by Gasteiger charge is -2.27. The van der Waals surface area contributed by atoms with E-state index in [1.165, 1.54) is 31.3 Å². The van der Waals surface area contributed by atoms with E-state index in [1.807, 2.05) is 13.0 Å². The molecule has 0 aromatic rings. The minimum atomic E-state index is -0.772. The van der Waals surface area contributed by atoms with Gasteiger partial charge in [-0.3, -0.25) is 0 Å². The van der Waals surface area contributed by atoms with Gasteiger partial charge >= 0.3 is 0 Å². The van der Waals surface area contributed by atoms with Crippen molar-refractivity contribution in [1.29, 1.82) is 0 Å². The molecule has 17 heavy (non-hydrogen) atoms. The minimum Gasteiger partial charge on any atom is -0.243 e. The molecule has 0 spiro atoms. The van der Waals surface area contributed by atoms with E-state index >= 15 is 0 Å². The van der Waals surface area contributed by atoms with Crippen LogP contribution in [0.25, 0.3) is 0 Å². The van der Waals surface area contributed by atoms with Gasteiger partial charge in [-0.15, -0.1) is 0 Å². The van der Waals surface area contributed by atoms with Crippen LogP contribution in [-0.2, 0) is 0 Å². The average molecular weight is 238 g/mol. The molecular weight excluding hydrogens is 211 g/mol. The third kappa shape index (κ3) is 5.06. The molecule has 0 radical (unpaired) electrons. The van der Waals surface area contributed by atoms with E-state index in [0.717, 1.165) is 12.3 Å². The maximum absolute atomic E-state index is 13.5. The highest BCUT2D eigenvalue weighted by Crippen LogP contribution is 2.34. The van der Waals surface area contributed by atoms with Crippen LogP contribution in [0.2, 0.25) is 0 Å². The summed E-state index contributed by atoms with van der Waals surface area (Å²) in [4.78, 5) is 0. The molecule has 0 nitrogen and oxygen atoms in total. The largest absolute Gasteiger partial charge is 0.243 e. The first kappa shape index (κ1) is 14.5. The fourth-order valence-corrected chi connectivity index (χ4v) is 2.50. The number of allylic oxidation sites excluding steroid dienone is 4. The third-order valence-corrected chi connectivity index (χ3v) is 3.80. The highest BCUT2D eigenvalue weighted by molar-refractivity contribution is 5.23. The van der Waals surface area contributed by atoms with Crippen molar-refractivity contribution in [3.8, 4) is 0 Å². The molecule has 1 unspecified atom stereocenters. The Hall–Kier alpha value is -0.590. The van der Waals surface area contributed by atoms with Crippen molar-refractivity contribution in [3.05, 3.63) is 23.8 Å². The molecule has 1 aliphatic rings. The van der Waals surface area contributed by atoms with Gasteiger partial charge < -0.3 is 0 Å². The van der Waals surface area contributed by atoms with Gasteiger partial charge in [-0.05, 0) is 49.2 Å². The molecule has 0 saturated heterocycles. The van der Waals surface area contributed by atoms with Crippen molar-refractivity contribution < 1.29 is 4.39 Å². The summed E-state index contributed by atoms with van der Waals surface area (Å²) < 4.78 is 13.5. The van der Waals surface area contributed by atoms with Crippen LogP contribution in [0, 0.1) is 11.8 Å². The van der Waals surface area contributed by atoms with Crippen LogP contribution in [-0.4, -0.2) is 6.17 Å². The molecular formula is C16H27F. The molecule has 1 atom stereocenters. The molecule has 0 amide bonds. The van der Waals surface area contributed by atoms with Gasteiger partial charge in [0.1, 0.15) is 6.17 Å². The standard InChI is InChI=1S/C16H27F/c1-4-6-7-15(12-16(17)5-2)14-10-8-13(3)9-11-14/h6-7,12-14,16H,4-5,8-11H2,1-3H3. The predicted octanol–water partition coefficient (Wildman–Crippen LogP) is 5.45. The fraction of sp³-hybridized carbons (Fsp3) is 0.750. The van der Waals surface area contributed by atoms with Crippen molar-refractivity contribution in [1.82, 2.24) is 0 Å². The van der Waals surface area contributed by atoms with Crippen LogP contribution < -0.4 is 0 Å². The van der Waals surface area contributed by atoms with Crippen LogP contribution in [0.1, 0.15) is 59.3 Å². The second-order valence-corrected chi connectivity index (χ2v) is 5.36. The Morgan fingerprint density at radius 1 is 1.24 bits per heavy atom. The number of rotatable bonds is 5. The molecule has 0 bridgehead atoms. The first-order valence-electron chi connectivity index (χ1n) is 7.19. The second kappa shape index (κ2) is 7.68. The summed E-state index contributed by atoms with van der Waals surface area (Å²) in [6.45, 7) is 6.36. The number of halogens is 1. The molecule has 0 aliphatic heterocycles. The third-order valence-electron chi connectivity index (χ3n) is 3.80. The summed E-state index contributed by atoms with van der Waals surface area (Å²) in [5.41, 5.74) is 1.24. The maximum Gasteiger partial charge on any atom is 0.119 e. The Morgan fingerprint density at radius 3 is 2.41 bits per heavy atom. The Morgan fingerprint density at radius 2 is 1.88 bits per heavy atom. The quantitative estimate of drug-likeness (QED) is 0.558. The molecule has 1 aliphatic carbocycles. The number of hydrogen-bond acceptors (Lipinski definition) is 0.